The third kappa shape index (κ3) is 3.52. The summed E-state index contributed by atoms with van der Waals surface area (Å²) in [5.41, 5.74) is -2.21. The van der Waals surface area contributed by atoms with Crippen molar-refractivity contribution in [3.63, 3.8) is 0 Å². The average molecular weight is 290 g/mol. The number of hydrogen-bond donors (Lipinski definition) is 0. The highest BCUT2D eigenvalue weighted by molar-refractivity contribution is 6.17. The fraction of sp³-hybridized carbons (Fsp3) is 0.333. The van der Waals surface area contributed by atoms with Crippen LogP contribution in [0.1, 0.15) is 28.2 Å². The molecular formula is C9H5ClF5NO2. The zero-order valence-electron chi connectivity index (χ0n) is 8.47. The van der Waals surface area contributed by atoms with Crippen molar-refractivity contribution in [3.05, 3.63) is 23.0 Å². The average Bonchev–Trinajstić information content (AvgIpc) is 2.25. The highest BCUT2D eigenvalue weighted by atomic mass is 35.5. The number of nitrogens with zero attached hydrogens (tertiary/aromatic N) is 1. The Hall–Kier alpha value is -1.44. The van der Waals surface area contributed by atoms with Gasteiger partial charge in [-0.25, -0.2) is 13.8 Å². The van der Waals surface area contributed by atoms with E-state index in [0.717, 1.165) is 0 Å². The van der Waals surface area contributed by atoms with Gasteiger partial charge in [0.2, 0.25) is 0 Å². The number of ether oxygens (including phenoxy) is 1. The van der Waals surface area contributed by atoms with E-state index >= 15 is 0 Å². The summed E-state index contributed by atoms with van der Waals surface area (Å²) in [6.45, 7) is 0. The van der Waals surface area contributed by atoms with E-state index < -0.39 is 41.4 Å². The van der Waals surface area contributed by atoms with E-state index in [2.05, 4.69) is 9.72 Å². The van der Waals surface area contributed by atoms with Gasteiger partial charge < -0.3 is 4.74 Å². The lowest BCUT2D eigenvalue weighted by Crippen LogP contribution is -2.19. The number of aldehydes is 1. The smallest absolute Gasteiger partial charge is 0.405 e. The third-order valence-corrected chi connectivity index (χ3v) is 2.09. The first-order valence-corrected chi connectivity index (χ1v) is 4.90. The maximum atomic E-state index is 12.6. The number of pyridine rings is 1. The summed E-state index contributed by atoms with van der Waals surface area (Å²) in [5, 5.41) is 0. The number of carbonyl (C=O) groups is 1. The van der Waals surface area contributed by atoms with Crippen molar-refractivity contribution in [2.24, 2.45) is 0 Å². The largest absolute Gasteiger partial charge is 0.573 e. The van der Waals surface area contributed by atoms with E-state index in [1.165, 1.54) is 0 Å². The summed E-state index contributed by atoms with van der Waals surface area (Å²) in [6, 6.07) is 0.601. The fourth-order valence-corrected chi connectivity index (χ4v) is 1.45. The third-order valence-electron chi connectivity index (χ3n) is 1.82. The summed E-state index contributed by atoms with van der Waals surface area (Å²) < 4.78 is 64.9. The quantitative estimate of drug-likeness (QED) is 0.484. The van der Waals surface area contributed by atoms with Crippen LogP contribution >= 0.6 is 11.6 Å². The Morgan fingerprint density at radius 2 is 2.06 bits per heavy atom. The summed E-state index contributed by atoms with van der Waals surface area (Å²) in [4.78, 5) is 13.6. The van der Waals surface area contributed by atoms with Gasteiger partial charge in [-0.15, -0.1) is 24.8 Å². The first-order chi connectivity index (χ1) is 8.28. The number of halogens is 6. The minimum absolute atomic E-state index is 0.0348. The molecule has 1 aromatic heterocycles. The molecule has 0 bridgehead atoms. The molecule has 0 saturated carbocycles. The van der Waals surface area contributed by atoms with Crippen molar-refractivity contribution >= 4 is 17.9 Å². The van der Waals surface area contributed by atoms with E-state index in [1.54, 1.807) is 0 Å². The topological polar surface area (TPSA) is 39.2 Å². The normalized spacial score (nSPS) is 11.7. The Bertz CT molecular complexity index is 449. The first kappa shape index (κ1) is 14.6. The maximum Gasteiger partial charge on any atom is 0.573 e. The molecule has 0 radical (unpaired) electrons. The van der Waals surface area contributed by atoms with Gasteiger partial charge in [0, 0.05) is 11.6 Å². The lowest BCUT2D eigenvalue weighted by molar-refractivity contribution is -0.274. The van der Waals surface area contributed by atoms with Crippen LogP contribution in [0, 0.1) is 0 Å². The van der Waals surface area contributed by atoms with Crippen LogP contribution in [0.25, 0.3) is 0 Å². The van der Waals surface area contributed by atoms with Crippen LogP contribution in [0.15, 0.2) is 6.07 Å². The zero-order chi connectivity index (χ0) is 13.9. The van der Waals surface area contributed by atoms with Gasteiger partial charge in [0.05, 0.1) is 5.88 Å². The molecule has 0 fully saturated rings. The molecular weight excluding hydrogens is 285 g/mol. The predicted octanol–water partition coefficient (Wildman–Crippen LogP) is 3.47. The van der Waals surface area contributed by atoms with E-state index in [4.69, 9.17) is 11.6 Å². The lowest BCUT2D eigenvalue weighted by atomic mass is 10.1. The number of hydrogen-bond acceptors (Lipinski definition) is 3. The van der Waals surface area contributed by atoms with Crippen molar-refractivity contribution in [2.75, 3.05) is 0 Å². The van der Waals surface area contributed by atoms with Crippen molar-refractivity contribution in [1.82, 2.24) is 4.98 Å². The molecule has 0 amide bonds. The summed E-state index contributed by atoms with van der Waals surface area (Å²) in [5.74, 6) is -1.61. The Kier molecular flexibility index (Phi) is 4.44. The second-order valence-corrected chi connectivity index (χ2v) is 3.28. The van der Waals surface area contributed by atoms with Crippen LogP contribution in [0.4, 0.5) is 22.0 Å². The van der Waals surface area contributed by atoms with Crippen molar-refractivity contribution < 1.29 is 31.5 Å². The Balaban J connectivity index is 3.37. The van der Waals surface area contributed by atoms with Gasteiger partial charge in [-0.2, -0.15) is 0 Å². The second kappa shape index (κ2) is 5.47. The number of rotatable bonds is 4. The van der Waals surface area contributed by atoms with Crippen LogP contribution in [-0.4, -0.2) is 17.6 Å². The zero-order valence-corrected chi connectivity index (χ0v) is 9.23. The van der Waals surface area contributed by atoms with Gasteiger partial charge in [0.25, 0.3) is 6.43 Å². The SMILES string of the molecule is O=Cc1cc(OC(F)(F)F)c(CCl)c(C(F)F)n1. The minimum Gasteiger partial charge on any atom is -0.405 e. The van der Waals surface area contributed by atoms with E-state index in [9.17, 15) is 26.7 Å². The fourth-order valence-electron chi connectivity index (χ4n) is 1.18. The van der Waals surface area contributed by atoms with Gasteiger partial charge >= 0.3 is 6.36 Å². The molecule has 100 valence electrons. The van der Waals surface area contributed by atoms with Gasteiger partial charge in [-0.1, -0.05) is 0 Å². The summed E-state index contributed by atoms with van der Waals surface area (Å²) in [6.07, 6.45) is -8.22. The van der Waals surface area contributed by atoms with Crippen molar-refractivity contribution in [2.45, 2.75) is 18.7 Å². The van der Waals surface area contributed by atoms with Gasteiger partial charge in [0.15, 0.2) is 6.29 Å². The molecule has 1 rings (SSSR count). The maximum absolute atomic E-state index is 12.6. The first-order valence-electron chi connectivity index (χ1n) is 4.37. The molecule has 0 aliphatic heterocycles. The minimum atomic E-state index is -5.08. The molecule has 3 nitrogen and oxygen atoms in total. The summed E-state index contributed by atoms with van der Waals surface area (Å²) >= 11 is 5.30. The predicted molar refractivity (Wildman–Crippen MR) is 50.8 cm³/mol. The number of carbonyl (C=O) groups excluding carboxylic acids is 1. The molecule has 9 heteroatoms. The van der Waals surface area contributed by atoms with E-state index in [-0.39, 0.29) is 6.29 Å². The van der Waals surface area contributed by atoms with Gasteiger partial charge in [0.1, 0.15) is 17.1 Å². The molecule has 18 heavy (non-hydrogen) atoms. The highest BCUT2D eigenvalue weighted by Crippen LogP contribution is 2.33. The Morgan fingerprint density at radius 3 is 2.44 bits per heavy atom. The summed E-state index contributed by atoms with van der Waals surface area (Å²) in [7, 11) is 0. The molecule has 0 spiro atoms. The molecule has 0 aliphatic carbocycles. The lowest BCUT2D eigenvalue weighted by Gasteiger charge is -2.15. The second-order valence-electron chi connectivity index (χ2n) is 3.01. The van der Waals surface area contributed by atoms with E-state index in [1.807, 2.05) is 0 Å². The van der Waals surface area contributed by atoms with E-state index in [0.29, 0.717) is 6.07 Å². The van der Waals surface area contributed by atoms with Crippen LogP contribution < -0.4 is 4.74 Å². The molecule has 1 heterocycles. The molecule has 1 aromatic rings. The van der Waals surface area contributed by atoms with Crippen molar-refractivity contribution in [1.29, 1.82) is 0 Å². The van der Waals surface area contributed by atoms with Crippen LogP contribution in [0.5, 0.6) is 5.75 Å². The molecule has 0 atom stereocenters. The molecule has 0 unspecified atom stereocenters. The van der Waals surface area contributed by atoms with Crippen LogP contribution in [0.3, 0.4) is 0 Å². The Labute approximate surface area is 103 Å². The monoisotopic (exact) mass is 289 g/mol. The number of alkyl halides is 6. The van der Waals surface area contributed by atoms with Gasteiger partial charge in [-0.05, 0) is 0 Å². The van der Waals surface area contributed by atoms with Gasteiger partial charge in [-0.3, -0.25) is 4.79 Å². The highest BCUT2D eigenvalue weighted by Gasteiger charge is 2.33. The standard InChI is InChI=1S/C9H5ClF5NO2/c10-2-5-6(18-9(13,14)15)1-4(3-17)16-7(5)8(11)12/h1,3,8H,2H2. The Morgan fingerprint density at radius 1 is 1.44 bits per heavy atom. The van der Waals surface area contributed by atoms with Crippen molar-refractivity contribution in [3.8, 4) is 5.75 Å². The molecule has 0 aromatic carbocycles. The molecule has 0 N–H and O–H groups in total. The number of aromatic nitrogens is 1. The molecule has 0 aliphatic rings. The molecule has 0 saturated heterocycles. The van der Waals surface area contributed by atoms with Crippen LogP contribution in [0.2, 0.25) is 0 Å². The van der Waals surface area contributed by atoms with Crippen LogP contribution in [-0.2, 0) is 5.88 Å².